The molecule has 3 saturated heterocycles. The Bertz CT molecular complexity index is 1170. The van der Waals surface area contributed by atoms with E-state index in [0.29, 0.717) is 52.1 Å². The van der Waals surface area contributed by atoms with Crippen molar-refractivity contribution in [3.05, 3.63) is 59.7 Å². The van der Waals surface area contributed by atoms with E-state index in [2.05, 4.69) is 56.0 Å². The molecule has 3 aliphatic rings. The number of hydrogen-bond donors (Lipinski definition) is 2. The Labute approximate surface area is 284 Å². The molecule has 1 unspecified atom stereocenters. The molecule has 0 aromatic heterocycles. The molecule has 1 atom stereocenters. The minimum atomic E-state index is -4.36. The SMILES string of the molecule is CC(C)(C)N1CCC(C(=O)N2CCC(c3ccc(C(F)(F)F)cc3N3CCN(S)CC3)CC2)C1.CF.COc1ccccc1.CS. The van der Waals surface area contributed by atoms with E-state index in [1.54, 1.807) is 19.4 Å². The lowest BCUT2D eigenvalue weighted by Crippen LogP contribution is -2.45. The number of anilines is 1. The smallest absolute Gasteiger partial charge is 0.416 e. The molecule has 2 aromatic rings. The van der Waals surface area contributed by atoms with Crippen LogP contribution in [0.2, 0.25) is 0 Å². The van der Waals surface area contributed by atoms with E-state index >= 15 is 0 Å². The number of piperidine rings is 1. The predicted molar refractivity (Wildman–Crippen MR) is 187 cm³/mol. The highest BCUT2D eigenvalue weighted by Crippen LogP contribution is 2.40. The van der Waals surface area contributed by atoms with Gasteiger partial charge < -0.3 is 14.5 Å². The topological polar surface area (TPSA) is 39.3 Å². The number of hydrogen-bond acceptors (Lipinski definition) is 7. The van der Waals surface area contributed by atoms with E-state index in [1.807, 2.05) is 39.5 Å². The molecule has 2 aromatic carbocycles. The molecular formula is C34H52F4N4O2S2. The summed E-state index contributed by atoms with van der Waals surface area (Å²) in [4.78, 5) is 19.6. The molecule has 12 heteroatoms. The van der Waals surface area contributed by atoms with Gasteiger partial charge in [0.15, 0.2) is 0 Å². The average Bonchev–Trinajstić information content (AvgIpc) is 3.58. The maximum atomic E-state index is 13.5. The van der Waals surface area contributed by atoms with Crippen LogP contribution in [0.15, 0.2) is 48.5 Å². The first-order chi connectivity index (χ1) is 21.9. The molecule has 5 rings (SSSR count). The van der Waals surface area contributed by atoms with Crippen molar-refractivity contribution in [2.75, 3.05) is 77.8 Å². The number of thiol groups is 2. The van der Waals surface area contributed by atoms with E-state index in [1.165, 1.54) is 12.1 Å². The van der Waals surface area contributed by atoms with Gasteiger partial charge in [0.1, 0.15) is 5.75 Å². The van der Waals surface area contributed by atoms with Crippen LogP contribution in [0, 0.1) is 5.92 Å². The normalized spacial score (nSPS) is 19.6. The number of amides is 1. The number of benzene rings is 2. The molecule has 3 heterocycles. The molecule has 0 radical (unpaired) electrons. The Morgan fingerprint density at radius 3 is 1.91 bits per heavy atom. The highest BCUT2D eigenvalue weighted by Gasteiger charge is 2.38. The van der Waals surface area contributed by atoms with Gasteiger partial charge in [-0.1, -0.05) is 37.1 Å². The fraction of sp³-hybridized carbons (Fsp3) is 0.618. The molecule has 260 valence electrons. The number of halogens is 4. The summed E-state index contributed by atoms with van der Waals surface area (Å²) >= 11 is 7.91. The Balaban J connectivity index is 0.000000523. The molecule has 0 saturated carbocycles. The van der Waals surface area contributed by atoms with Crippen molar-refractivity contribution in [2.24, 2.45) is 5.92 Å². The minimum absolute atomic E-state index is 0.0509. The van der Waals surface area contributed by atoms with Gasteiger partial charge in [0.05, 0.1) is 25.8 Å². The van der Waals surface area contributed by atoms with Crippen molar-refractivity contribution < 1.29 is 27.1 Å². The third-order valence-electron chi connectivity index (χ3n) is 8.67. The third-order valence-corrected chi connectivity index (χ3v) is 9.07. The zero-order valence-corrected chi connectivity index (χ0v) is 29.9. The van der Waals surface area contributed by atoms with E-state index in [0.717, 1.165) is 43.7 Å². The van der Waals surface area contributed by atoms with Gasteiger partial charge in [0.25, 0.3) is 0 Å². The largest absolute Gasteiger partial charge is 0.497 e. The monoisotopic (exact) mass is 688 g/mol. The second-order valence-corrected chi connectivity index (χ2v) is 13.0. The fourth-order valence-corrected chi connectivity index (χ4v) is 6.25. The highest BCUT2D eigenvalue weighted by atomic mass is 32.1. The second-order valence-electron chi connectivity index (χ2n) is 12.4. The molecule has 0 aliphatic carbocycles. The van der Waals surface area contributed by atoms with Crippen molar-refractivity contribution in [1.82, 2.24) is 14.1 Å². The van der Waals surface area contributed by atoms with Gasteiger partial charge in [0.2, 0.25) is 5.91 Å². The molecule has 3 aliphatic heterocycles. The highest BCUT2D eigenvalue weighted by molar-refractivity contribution is 7.79. The first-order valence-corrected chi connectivity index (χ1v) is 17.0. The van der Waals surface area contributed by atoms with Crippen molar-refractivity contribution >= 4 is 37.0 Å². The summed E-state index contributed by atoms with van der Waals surface area (Å²) in [5.41, 5.74) is 1.14. The number of nitrogens with zero attached hydrogens (tertiary/aromatic N) is 4. The van der Waals surface area contributed by atoms with Gasteiger partial charge >= 0.3 is 6.18 Å². The number of methoxy groups -OCH3 is 1. The Morgan fingerprint density at radius 2 is 1.43 bits per heavy atom. The van der Waals surface area contributed by atoms with Crippen LogP contribution in [0.3, 0.4) is 0 Å². The van der Waals surface area contributed by atoms with E-state index in [-0.39, 0.29) is 23.3 Å². The van der Waals surface area contributed by atoms with Crippen LogP contribution in [0.4, 0.5) is 23.2 Å². The number of piperazine rings is 1. The van der Waals surface area contributed by atoms with Crippen LogP contribution in [0.5, 0.6) is 5.75 Å². The fourth-order valence-electron chi connectivity index (χ4n) is 6.07. The van der Waals surface area contributed by atoms with Crippen molar-refractivity contribution in [1.29, 1.82) is 0 Å². The van der Waals surface area contributed by atoms with Crippen LogP contribution in [-0.2, 0) is 11.0 Å². The Kier molecular flexibility index (Phi) is 16.5. The summed E-state index contributed by atoms with van der Waals surface area (Å²) in [7, 11) is 2.16. The molecule has 1 amide bonds. The average molecular weight is 689 g/mol. The lowest BCUT2D eigenvalue weighted by Gasteiger charge is -2.38. The van der Waals surface area contributed by atoms with Gasteiger partial charge in [-0.3, -0.25) is 14.1 Å². The first-order valence-electron chi connectivity index (χ1n) is 15.7. The zero-order valence-electron chi connectivity index (χ0n) is 28.1. The number of likely N-dealkylation sites (tertiary alicyclic amines) is 2. The molecule has 0 spiro atoms. The minimum Gasteiger partial charge on any atom is -0.497 e. The van der Waals surface area contributed by atoms with Gasteiger partial charge in [-0.25, -0.2) is 4.31 Å². The van der Waals surface area contributed by atoms with Crippen molar-refractivity contribution in [2.45, 2.75) is 57.7 Å². The quantitative estimate of drug-likeness (QED) is 0.260. The van der Waals surface area contributed by atoms with Crippen molar-refractivity contribution in [3.63, 3.8) is 0 Å². The standard InChI is InChI=1S/C25H37F3N4OS.C7H8O.CH3F.CH4S/c1-24(2,3)31-11-8-19(17-31)23(33)30-9-6-18(7-10-30)21-5-4-20(25(26,27)28)16-22(21)29-12-14-32(34)15-13-29;1-8-7-5-3-2-4-6-7;2*1-2/h4-5,16,18-19,34H,6-15,17H2,1-3H3;2-6H,1H3;1H3;2H,1H3. The van der Waals surface area contributed by atoms with Gasteiger partial charge in [-0.05, 0) is 88.6 Å². The van der Waals surface area contributed by atoms with Gasteiger partial charge in [0, 0.05) is 57.0 Å². The summed E-state index contributed by atoms with van der Waals surface area (Å²) in [6, 6.07) is 13.9. The van der Waals surface area contributed by atoms with Crippen molar-refractivity contribution in [3.8, 4) is 5.75 Å². The lowest BCUT2D eigenvalue weighted by molar-refractivity contribution is -0.138. The molecule has 0 N–H and O–H groups in total. The molecule has 3 fully saturated rings. The summed E-state index contributed by atoms with van der Waals surface area (Å²) in [6.45, 7) is 12.4. The zero-order chi connectivity index (χ0) is 34.5. The van der Waals surface area contributed by atoms with E-state index in [4.69, 9.17) is 4.74 Å². The lowest BCUT2D eigenvalue weighted by atomic mass is 9.86. The van der Waals surface area contributed by atoms with Crippen LogP contribution < -0.4 is 9.64 Å². The Hall–Kier alpha value is -2.15. The first kappa shape index (κ1) is 40.0. The second kappa shape index (κ2) is 19.0. The molecule has 6 nitrogen and oxygen atoms in total. The molecule has 46 heavy (non-hydrogen) atoms. The number of rotatable bonds is 4. The van der Waals surface area contributed by atoms with Gasteiger partial charge in [-0.15, -0.1) is 0 Å². The van der Waals surface area contributed by atoms with E-state index < -0.39 is 11.7 Å². The summed E-state index contributed by atoms with van der Waals surface area (Å²) in [5, 5.41) is 0. The van der Waals surface area contributed by atoms with Crippen LogP contribution in [0.25, 0.3) is 0 Å². The predicted octanol–water partition coefficient (Wildman–Crippen LogP) is 7.33. The third kappa shape index (κ3) is 11.5. The summed E-state index contributed by atoms with van der Waals surface area (Å²) in [6.07, 6.45) is -0.203. The van der Waals surface area contributed by atoms with Crippen LogP contribution in [0.1, 0.15) is 57.1 Å². The molecule has 0 bridgehead atoms. The van der Waals surface area contributed by atoms with Gasteiger partial charge in [-0.2, -0.15) is 25.8 Å². The summed E-state index contributed by atoms with van der Waals surface area (Å²) < 4.78 is 56.7. The summed E-state index contributed by atoms with van der Waals surface area (Å²) in [5.74, 6) is 1.36. The number of para-hydroxylation sites is 1. The Morgan fingerprint density at radius 1 is 0.848 bits per heavy atom. The van der Waals surface area contributed by atoms with E-state index in [9.17, 15) is 22.4 Å². The maximum Gasteiger partial charge on any atom is 0.416 e. The number of carbonyl (C=O) groups excluding carboxylic acids is 1. The van der Waals surface area contributed by atoms with Crippen LogP contribution >= 0.6 is 25.4 Å². The molecular weight excluding hydrogens is 637 g/mol. The number of ether oxygens (including phenoxy) is 1. The number of carbonyl (C=O) groups is 1. The van der Waals surface area contributed by atoms with Crippen LogP contribution in [-0.4, -0.2) is 98.5 Å². The maximum absolute atomic E-state index is 13.5. The number of alkyl halides is 4.